The van der Waals surface area contributed by atoms with E-state index in [1.54, 1.807) is 0 Å². The number of hydrogen-bond donors (Lipinski definition) is 1. The molecule has 2 nitrogen and oxygen atoms in total. The molecule has 0 radical (unpaired) electrons. The molecule has 0 atom stereocenters. The van der Waals surface area contributed by atoms with Gasteiger partial charge in [-0.3, -0.25) is 4.79 Å². The lowest BCUT2D eigenvalue weighted by Gasteiger charge is -2.04. The van der Waals surface area contributed by atoms with Crippen LogP contribution in [-0.4, -0.2) is 12.5 Å². The number of rotatable bonds is 15. The Morgan fingerprint density at radius 1 is 0.560 bits per heavy atom. The van der Waals surface area contributed by atoms with Gasteiger partial charge in [0.2, 0.25) is 5.91 Å². The molecule has 0 aromatic rings. The van der Waals surface area contributed by atoms with Crippen molar-refractivity contribution in [2.75, 3.05) is 6.54 Å². The fraction of sp³-hybridized carbons (Fsp3) is 0.957. The van der Waals surface area contributed by atoms with E-state index >= 15 is 0 Å². The Kier molecular flexibility index (Phi) is 36.6. The van der Waals surface area contributed by atoms with Crippen LogP contribution in [0, 0.1) is 0 Å². The van der Waals surface area contributed by atoms with Crippen LogP contribution in [0.2, 0.25) is 0 Å². The molecule has 1 amide bonds. The molecule has 0 fully saturated rings. The lowest BCUT2D eigenvalue weighted by atomic mass is 10.1. The molecule has 1 N–H and O–H groups in total. The maximum atomic E-state index is 11.4. The summed E-state index contributed by atoms with van der Waals surface area (Å²) in [6.45, 7) is 13.7. The molecule has 0 aliphatic rings. The van der Waals surface area contributed by atoms with Crippen molar-refractivity contribution in [3.63, 3.8) is 0 Å². The second-order valence-electron chi connectivity index (χ2n) is 6.64. The van der Waals surface area contributed by atoms with Gasteiger partial charge in [0.1, 0.15) is 0 Å². The number of unbranched alkanes of at least 4 members (excludes halogenated alkanes) is 11. The molecule has 0 spiro atoms. The third-order valence-corrected chi connectivity index (χ3v) is 4.07. The van der Waals surface area contributed by atoms with Crippen LogP contribution in [0.1, 0.15) is 138 Å². The Balaban J connectivity index is -0.000000588. The van der Waals surface area contributed by atoms with Crippen molar-refractivity contribution in [1.82, 2.24) is 5.32 Å². The van der Waals surface area contributed by atoms with Gasteiger partial charge in [0.05, 0.1) is 0 Å². The quantitative estimate of drug-likeness (QED) is 0.295. The third-order valence-electron chi connectivity index (χ3n) is 4.07. The molecular weight excluding hydrogens is 306 g/mol. The molecule has 25 heavy (non-hydrogen) atoms. The van der Waals surface area contributed by atoms with Crippen molar-refractivity contribution in [2.45, 2.75) is 138 Å². The van der Waals surface area contributed by atoms with Crippen molar-refractivity contribution < 1.29 is 4.79 Å². The molecule has 2 heteroatoms. The van der Waals surface area contributed by atoms with E-state index in [0.29, 0.717) is 0 Å². The molecule has 0 aromatic heterocycles. The second kappa shape index (κ2) is 31.3. The highest BCUT2D eigenvalue weighted by Gasteiger charge is 1.99. The molecule has 0 heterocycles. The standard InChI is InChI=1S/C16H33NO.C5H12.C2H6/c1-3-5-7-8-9-10-11-12-13-14-16(18)17-15-6-4-2;1-3-5-4-2;1-2/h3-15H2,1-2H3,(H,17,18);3-5H2,1-2H3;1-2H3. The Hall–Kier alpha value is -0.530. The van der Waals surface area contributed by atoms with Crippen LogP contribution in [0.25, 0.3) is 0 Å². The maximum Gasteiger partial charge on any atom is 0.219 e. The zero-order chi connectivity index (χ0) is 19.6. The first-order valence-corrected chi connectivity index (χ1v) is 11.5. The first-order chi connectivity index (χ1) is 12.2. The summed E-state index contributed by atoms with van der Waals surface area (Å²) in [5, 5.41) is 2.97. The van der Waals surface area contributed by atoms with Gasteiger partial charge in [-0.05, 0) is 12.8 Å². The van der Waals surface area contributed by atoms with Gasteiger partial charge in [-0.15, -0.1) is 0 Å². The highest BCUT2D eigenvalue weighted by Crippen LogP contribution is 2.10. The Morgan fingerprint density at radius 2 is 0.960 bits per heavy atom. The summed E-state index contributed by atoms with van der Waals surface area (Å²) in [5.41, 5.74) is 0. The van der Waals surface area contributed by atoms with Gasteiger partial charge in [0.15, 0.2) is 0 Å². The van der Waals surface area contributed by atoms with E-state index in [4.69, 9.17) is 0 Å². The zero-order valence-corrected chi connectivity index (χ0v) is 18.7. The van der Waals surface area contributed by atoms with Gasteiger partial charge >= 0.3 is 0 Å². The highest BCUT2D eigenvalue weighted by molar-refractivity contribution is 5.75. The molecule has 0 rings (SSSR count). The van der Waals surface area contributed by atoms with Gasteiger partial charge in [0, 0.05) is 13.0 Å². The smallest absolute Gasteiger partial charge is 0.219 e. The molecule has 154 valence electrons. The average molecular weight is 358 g/mol. The first kappa shape index (κ1) is 29.2. The summed E-state index contributed by atoms with van der Waals surface area (Å²) in [4.78, 5) is 11.4. The van der Waals surface area contributed by atoms with Crippen LogP contribution < -0.4 is 5.32 Å². The molecule has 0 bridgehead atoms. The molecule has 0 aromatic carbocycles. The maximum absolute atomic E-state index is 11.4. The lowest BCUT2D eigenvalue weighted by Crippen LogP contribution is -2.23. The minimum absolute atomic E-state index is 0.242. The van der Waals surface area contributed by atoms with Gasteiger partial charge in [-0.25, -0.2) is 0 Å². The predicted octanol–water partition coefficient (Wildman–Crippen LogP) is 8.05. The van der Waals surface area contributed by atoms with Crippen LogP contribution >= 0.6 is 0 Å². The van der Waals surface area contributed by atoms with E-state index < -0.39 is 0 Å². The van der Waals surface area contributed by atoms with E-state index in [1.165, 1.54) is 70.6 Å². The fourth-order valence-electron chi connectivity index (χ4n) is 2.44. The third kappa shape index (κ3) is 35.4. The van der Waals surface area contributed by atoms with Gasteiger partial charge in [0.25, 0.3) is 0 Å². The van der Waals surface area contributed by atoms with Crippen LogP contribution in [-0.2, 0) is 4.79 Å². The Morgan fingerprint density at radius 3 is 1.36 bits per heavy atom. The van der Waals surface area contributed by atoms with E-state index in [0.717, 1.165) is 32.2 Å². The number of hydrogen-bond acceptors (Lipinski definition) is 1. The van der Waals surface area contributed by atoms with Crippen LogP contribution in [0.5, 0.6) is 0 Å². The van der Waals surface area contributed by atoms with Crippen LogP contribution in [0.3, 0.4) is 0 Å². The molecule has 0 unspecified atom stereocenters. The average Bonchev–Trinajstić information content (AvgIpc) is 2.63. The van der Waals surface area contributed by atoms with Crippen molar-refractivity contribution in [3.8, 4) is 0 Å². The van der Waals surface area contributed by atoms with E-state index in [-0.39, 0.29) is 5.91 Å². The summed E-state index contributed by atoms with van der Waals surface area (Å²) in [5.74, 6) is 0.242. The number of amides is 1. The summed E-state index contributed by atoms with van der Waals surface area (Å²) in [7, 11) is 0. The highest BCUT2D eigenvalue weighted by atomic mass is 16.1. The molecule has 0 aliphatic carbocycles. The first-order valence-electron chi connectivity index (χ1n) is 11.5. The summed E-state index contributed by atoms with van der Waals surface area (Å²) in [6.07, 6.45) is 18.9. The Bertz CT molecular complexity index is 214. The minimum Gasteiger partial charge on any atom is -0.356 e. The SMILES string of the molecule is CC.CCCCC.CCCCCCCCCCCC(=O)NCCCC. The number of carbonyl (C=O) groups excluding carboxylic acids is 1. The van der Waals surface area contributed by atoms with Gasteiger partial charge in [-0.1, -0.05) is 119 Å². The van der Waals surface area contributed by atoms with Crippen LogP contribution in [0.4, 0.5) is 0 Å². The zero-order valence-electron chi connectivity index (χ0n) is 18.7. The normalized spacial score (nSPS) is 9.52. The van der Waals surface area contributed by atoms with Crippen molar-refractivity contribution in [2.24, 2.45) is 0 Å². The van der Waals surface area contributed by atoms with Gasteiger partial charge < -0.3 is 5.32 Å². The van der Waals surface area contributed by atoms with E-state index in [2.05, 4.69) is 33.0 Å². The molecular formula is C23H51NO. The monoisotopic (exact) mass is 357 g/mol. The van der Waals surface area contributed by atoms with Crippen molar-refractivity contribution in [3.05, 3.63) is 0 Å². The minimum atomic E-state index is 0.242. The summed E-state index contributed by atoms with van der Waals surface area (Å²) >= 11 is 0. The number of nitrogens with one attached hydrogen (secondary N) is 1. The van der Waals surface area contributed by atoms with Crippen molar-refractivity contribution >= 4 is 5.91 Å². The molecule has 0 saturated heterocycles. The topological polar surface area (TPSA) is 29.1 Å². The summed E-state index contributed by atoms with van der Waals surface area (Å²) in [6, 6.07) is 0. The van der Waals surface area contributed by atoms with E-state index in [9.17, 15) is 4.79 Å². The molecule has 0 aliphatic heterocycles. The van der Waals surface area contributed by atoms with Crippen LogP contribution in [0.15, 0.2) is 0 Å². The van der Waals surface area contributed by atoms with Crippen molar-refractivity contribution in [1.29, 1.82) is 0 Å². The Labute approximate surface area is 160 Å². The van der Waals surface area contributed by atoms with Gasteiger partial charge in [-0.2, -0.15) is 0 Å². The fourth-order valence-corrected chi connectivity index (χ4v) is 2.44. The molecule has 0 saturated carbocycles. The lowest BCUT2D eigenvalue weighted by molar-refractivity contribution is -0.121. The predicted molar refractivity (Wildman–Crippen MR) is 116 cm³/mol. The largest absolute Gasteiger partial charge is 0.356 e. The van der Waals surface area contributed by atoms with E-state index in [1.807, 2.05) is 13.8 Å². The number of carbonyl (C=O) groups is 1. The second-order valence-corrected chi connectivity index (χ2v) is 6.64. The summed E-state index contributed by atoms with van der Waals surface area (Å²) < 4.78 is 0.